The summed E-state index contributed by atoms with van der Waals surface area (Å²) in [6, 6.07) is 13.9. The number of aromatic amines is 1. The Labute approximate surface area is 169 Å². The summed E-state index contributed by atoms with van der Waals surface area (Å²) >= 11 is 5.26. The van der Waals surface area contributed by atoms with Crippen molar-refractivity contribution in [2.75, 3.05) is 7.11 Å². The summed E-state index contributed by atoms with van der Waals surface area (Å²) in [6.45, 7) is 6.61. The van der Waals surface area contributed by atoms with Gasteiger partial charge in [-0.2, -0.15) is 14.9 Å². The van der Waals surface area contributed by atoms with E-state index in [9.17, 15) is 0 Å². The monoisotopic (exact) mass is 396 g/mol. The molecule has 0 bridgehead atoms. The van der Waals surface area contributed by atoms with Gasteiger partial charge in [0, 0.05) is 5.92 Å². The fourth-order valence-corrected chi connectivity index (χ4v) is 2.83. The fraction of sp³-hybridized carbons (Fsp3) is 0.286. The third-order valence-electron chi connectivity index (χ3n) is 4.22. The highest BCUT2D eigenvalue weighted by atomic mass is 32.1. The van der Waals surface area contributed by atoms with E-state index in [2.05, 4.69) is 46.5 Å². The van der Waals surface area contributed by atoms with Crippen LogP contribution >= 0.6 is 12.2 Å². The molecule has 28 heavy (non-hydrogen) atoms. The van der Waals surface area contributed by atoms with Crippen LogP contribution in [0, 0.1) is 11.7 Å². The Balaban J connectivity index is 1.81. The fourth-order valence-electron chi connectivity index (χ4n) is 2.65. The Morgan fingerprint density at radius 2 is 1.93 bits per heavy atom. The molecule has 0 spiro atoms. The van der Waals surface area contributed by atoms with Gasteiger partial charge in [0.2, 0.25) is 4.77 Å². The average molecular weight is 397 g/mol. The molecule has 146 valence electrons. The summed E-state index contributed by atoms with van der Waals surface area (Å²) < 4.78 is 13.5. The van der Waals surface area contributed by atoms with Gasteiger partial charge in [-0.25, -0.2) is 0 Å². The van der Waals surface area contributed by atoms with Crippen molar-refractivity contribution in [3.05, 3.63) is 69.8 Å². The minimum atomic E-state index is 0.203. The predicted octanol–water partition coefficient (Wildman–Crippen LogP) is 4.84. The molecule has 0 saturated heterocycles. The molecule has 2 aromatic carbocycles. The maximum Gasteiger partial charge on any atom is 0.216 e. The molecule has 0 atom stereocenters. The van der Waals surface area contributed by atoms with Crippen LogP contribution in [-0.2, 0) is 6.61 Å². The molecule has 0 aliphatic rings. The number of hydrogen-bond donors (Lipinski definition) is 1. The first kappa shape index (κ1) is 19.8. The molecule has 0 radical (unpaired) electrons. The van der Waals surface area contributed by atoms with Crippen LogP contribution in [0.2, 0.25) is 0 Å². The lowest BCUT2D eigenvalue weighted by Crippen LogP contribution is -2.01. The molecule has 3 aromatic rings. The number of ether oxygens (including phenoxy) is 2. The smallest absolute Gasteiger partial charge is 0.216 e. The third-order valence-corrected chi connectivity index (χ3v) is 4.48. The molecule has 0 aliphatic carbocycles. The average Bonchev–Trinajstić information content (AvgIpc) is 3.06. The van der Waals surface area contributed by atoms with Gasteiger partial charge in [-0.1, -0.05) is 43.7 Å². The normalized spacial score (nSPS) is 11.3. The predicted molar refractivity (Wildman–Crippen MR) is 113 cm³/mol. The minimum absolute atomic E-state index is 0.203. The first-order chi connectivity index (χ1) is 13.5. The van der Waals surface area contributed by atoms with Gasteiger partial charge in [-0.05, 0) is 48.5 Å². The van der Waals surface area contributed by atoms with Gasteiger partial charge in [0.1, 0.15) is 6.61 Å². The van der Waals surface area contributed by atoms with Crippen LogP contribution in [0.15, 0.2) is 47.6 Å². The van der Waals surface area contributed by atoms with Crippen molar-refractivity contribution >= 4 is 18.4 Å². The Morgan fingerprint density at radius 3 is 2.61 bits per heavy atom. The zero-order chi connectivity index (χ0) is 20.1. The van der Waals surface area contributed by atoms with Crippen molar-refractivity contribution in [2.45, 2.75) is 33.3 Å². The van der Waals surface area contributed by atoms with Crippen LogP contribution in [0.25, 0.3) is 0 Å². The van der Waals surface area contributed by atoms with Gasteiger partial charge in [-0.15, -0.1) is 0 Å². The lowest BCUT2D eigenvalue weighted by Gasteiger charge is -2.11. The van der Waals surface area contributed by atoms with Crippen LogP contribution in [-0.4, -0.2) is 28.2 Å². The van der Waals surface area contributed by atoms with Crippen LogP contribution in [0.1, 0.15) is 42.3 Å². The second kappa shape index (κ2) is 8.84. The molecule has 0 amide bonds. The topological polar surface area (TPSA) is 64.4 Å². The number of hydrogen-bond acceptors (Lipinski definition) is 5. The van der Waals surface area contributed by atoms with E-state index in [1.165, 1.54) is 5.56 Å². The van der Waals surface area contributed by atoms with E-state index in [4.69, 9.17) is 21.7 Å². The van der Waals surface area contributed by atoms with Gasteiger partial charge in [0.15, 0.2) is 17.3 Å². The van der Waals surface area contributed by atoms with Crippen LogP contribution in [0.5, 0.6) is 11.5 Å². The molecular weight excluding hydrogens is 372 g/mol. The number of aryl methyl sites for hydroxylation is 1. The third kappa shape index (κ3) is 4.67. The number of nitrogens with one attached hydrogen (secondary N) is 1. The summed E-state index contributed by atoms with van der Waals surface area (Å²) in [7, 11) is 1.63. The number of methoxy groups -OCH3 is 1. The van der Waals surface area contributed by atoms with E-state index < -0.39 is 0 Å². The van der Waals surface area contributed by atoms with Gasteiger partial charge < -0.3 is 9.47 Å². The molecule has 0 unspecified atom stereocenters. The number of aromatic nitrogens is 3. The largest absolute Gasteiger partial charge is 0.493 e. The summed E-state index contributed by atoms with van der Waals surface area (Å²) in [6.07, 6.45) is 1.73. The molecule has 7 heteroatoms. The lowest BCUT2D eigenvalue weighted by atomic mass is 10.1. The van der Waals surface area contributed by atoms with Gasteiger partial charge >= 0.3 is 0 Å². The Morgan fingerprint density at radius 1 is 1.18 bits per heavy atom. The maximum absolute atomic E-state index is 5.98. The van der Waals surface area contributed by atoms with E-state index in [-0.39, 0.29) is 5.92 Å². The first-order valence-corrected chi connectivity index (χ1v) is 9.47. The van der Waals surface area contributed by atoms with Crippen molar-refractivity contribution in [1.82, 2.24) is 14.9 Å². The molecule has 0 fully saturated rings. The van der Waals surface area contributed by atoms with Crippen molar-refractivity contribution in [3.63, 3.8) is 0 Å². The summed E-state index contributed by atoms with van der Waals surface area (Å²) in [5.74, 6) is 2.32. The first-order valence-electron chi connectivity index (χ1n) is 9.06. The Hall–Kier alpha value is -2.93. The molecule has 1 heterocycles. The van der Waals surface area contributed by atoms with Gasteiger partial charge in [-0.3, -0.25) is 5.10 Å². The van der Waals surface area contributed by atoms with E-state index in [0.717, 1.165) is 17.0 Å². The van der Waals surface area contributed by atoms with E-state index in [0.29, 0.717) is 22.9 Å². The van der Waals surface area contributed by atoms with E-state index >= 15 is 0 Å². The van der Waals surface area contributed by atoms with Gasteiger partial charge in [0.25, 0.3) is 0 Å². The number of benzene rings is 2. The SMILES string of the molecule is COc1ccc(/C=N\n2c(C(C)C)n[nH]c2=S)cc1OCc1ccc(C)cc1. The Bertz CT molecular complexity index is 1020. The van der Waals surface area contributed by atoms with Crippen LogP contribution in [0.4, 0.5) is 0 Å². The highest BCUT2D eigenvalue weighted by Gasteiger charge is 2.09. The van der Waals surface area contributed by atoms with Crippen LogP contribution < -0.4 is 9.47 Å². The van der Waals surface area contributed by atoms with E-state index in [1.807, 2.05) is 32.0 Å². The second-order valence-corrected chi connectivity index (χ2v) is 7.17. The molecule has 1 N–H and O–H groups in total. The minimum Gasteiger partial charge on any atom is -0.493 e. The second-order valence-electron chi connectivity index (χ2n) is 6.78. The molecule has 0 saturated carbocycles. The van der Waals surface area contributed by atoms with Crippen molar-refractivity contribution in [3.8, 4) is 11.5 Å². The Kier molecular flexibility index (Phi) is 6.26. The zero-order valence-electron chi connectivity index (χ0n) is 16.5. The number of rotatable bonds is 7. The molecular formula is C21H24N4O2S. The lowest BCUT2D eigenvalue weighted by molar-refractivity contribution is 0.284. The number of nitrogens with zero attached hydrogens (tertiary/aromatic N) is 3. The van der Waals surface area contributed by atoms with Crippen molar-refractivity contribution < 1.29 is 9.47 Å². The van der Waals surface area contributed by atoms with E-state index in [1.54, 1.807) is 18.0 Å². The summed E-state index contributed by atoms with van der Waals surface area (Å²) in [4.78, 5) is 0. The van der Waals surface area contributed by atoms with Crippen molar-refractivity contribution in [2.24, 2.45) is 5.10 Å². The highest BCUT2D eigenvalue weighted by molar-refractivity contribution is 7.71. The van der Waals surface area contributed by atoms with Crippen molar-refractivity contribution in [1.29, 1.82) is 0 Å². The summed E-state index contributed by atoms with van der Waals surface area (Å²) in [5, 5.41) is 11.5. The standard InChI is InChI=1S/C21H24N4O2S/c1-14(2)20-23-24-21(28)25(20)22-12-17-9-10-18(26-4)19(11-17)27-13-16-7-5-15(3)6-8-16/h5-12,14H,13H2,1-4H3,(H,24,28)/b22-12-. The highest BCUT2D eigenvalue weighted by Crippen LogP contribution is 2.28. The molecule has 1 aromatic heterocycles. The number of H-pyrrole nitrogens is 1. The van der Waals surface area contributed by atoms with Gasteiger partial charge in [0.05, 0.1) is 13.3 Å². The zero-order valence-corrected chi connectivity index (χ0v) is 17.3. The molecule has 3 rings (SSSR count). The van der Waals surface area contributed by atoms with Crippen LogP contribution in [0.3, 0.4) is 0 Å². The quantitative estimate of drug-likeness (QED) is 0.458. The maximum atomic E-state index is 5.98. The molecule has 6 nitrogen and oxygen atoms in total. The molecule has 0 aliphatic heterocycles. The summed E-state index contributed by atoms with van der Waals surface area (Å²) in [5.41, 5.74) is 3.19.